The minimum Gasteiger partial charge on any atom is -0.489 e. The number of benzene rings is 2. The van der Waals surface area contributed by atoms with E-state index in [4.69, 9.17) is 10.5 Å². The molecule has 0 saturated heterocycles. The van der Waals surface area contributed by atoms with E-state index in [0.717, 1.165) is 5.56 Å². The highest BCUT2D eigenvalue weighted by atomic mass is 19.1. The molecule has 20 heavy (non-hydrogen) atoms. The SMILES string of the molecule is Cc1ccc(COc2ccc(C#CCN)c(F)c2)cc1. The van der Waals surface area contributed by atoms with E-state index in [0.29, 0.717) is 17.9 Å². The van der Waals surface area contributed by atoms with E-state index >= 15 is 0 Å². The first kappa shape index (κ1) is 14.1. The number of nitrogens with two attached hydrogens (primary N) is 1. The van der Waals surface area contributed by atoms with E-state index in [1.165, 1.54) is 11.6 Å². The van der Waals surface area contributed by atoms with Gasteiger partial charge in [-0.3, -0.25) is 0 Å². The summed E-state index contributed by atoms with van der Waals surface area (Å²) in [7, 11) is 0. The predicted molar refractivity (Wildman–Crippen MR) is 77.8 cm³/mol. The summed E-state index contributed by atoms with van der Waals surface area (Å²) >= 11 is 0. The standard InChI is InChI=1S/C17H16FNO/c1-13-4-6-14(7-5-13)12-20-16-9-8-15(3-2-10-19)17(18)11-16/h4-9,11H,10,12,19H2,1H3. The third-order valence-corrected chi connectivity index (χ3v) is 2.79. The summed E-state index contributed by atoms with van der Waals surface area (Å²) in [5, 5.41) is 0. The summed E-state index contributed by atoms with van der Waals surface area (Å²) in [6.07, 6.45) is 0. The summed E-state index contributed by atoms with van der Waals surface area (Å²) in [6, 6.07) is 12.7. The van der Waals surface area contributed by atoms with Crippen LogP contribution in [-0.4, -0.2) is 6.54 Å². The van der Waals surface area contributed by atoms with Gasteiger partial charge in [0.1, 0.15) is 18.2 Å². The fourth-order valence-corrected chi connectivity index (χ4v) is 1.68. The van der Waals surface area contributed by atoms with Gasteiger partial charge in [0.2, 0.25) is 0 Å². The highest BCUT2D eigenvalue weighted by molar-refractivity contribution is 5.40. The molecule has 0 fully saturated rings. The van der Waals surface area contributed by atoms with Crippen molar-refractivity contribution in [3.63, 3.8) is 0 Å². The first-order chi connectivity index (χ1) is 9.69. The average molecular weight is 269 g/mol. The van der Waals surface area contributed by atoms with E-state index in [9.17, 15) is 4.39 Å². The predicted octanol–water partition coefficient (Wildman–Crippen LogP) is 3.02. The van der Waals surface area contributed by atoms with Crippen molar-refractivity contribution in [3.05, 3.63) is 65.0 Å². The summed E-state index contributed by atoms with van der Waals surface area (Å²) in [5.41, 5.74) is 7.83. The summed E-state index contributed by atoms with van der Waals surface area (Å²) in [4.78, 5) is 0. The van der Waals surface area contributed by atoms with Crippen LogP contribution in [0.2, 0.25) is 0 Å². The van der Waals surface area contributed by atoms with Crippen LogP contribution in [0.1, 0.15) is 16.7 Å². The van der Waals surface area contributed by atoms with Gasteiger partial charge in [0.15, 0.2) is 0 Å². The Kier molecular flexibility index (Phi) is 4.75. The summed E-state index contributed by atoms with van der Waals surface area (Å²) < 4.78 is 19.3. The minimum atomic E-state index is -0.396. The van der Waals surface area contributed by atoms with Crippen LogP contribution in [0, 0.1) is 24.6 Å². The van der Waals surface area contributed by atoms with Crippen molar-refractivity contribution in [3.8, 4) is 17.6 Å². The molecular formula is C17H16FNO. The quantitative estimate of drug-likeness (QED) is 0.869. The van der Waals surface area contributed by atoms with Gasteiger partial charge in [0.05, 0.1) is 12.1 Å². The van der Waals surface area contributed by atoms with Crippen LogP contribution >= 0.6 is 0 Å². The molecular weight excluding hydrogens is 253 g/mol. The average Bonchev–Trinajstić information content (AvgIpc) is 2.46. The van der Waals surface area contributed by atoms with Crippen LogP contribution < -0.4 is 10.5 Å². The van der Waals surface area contributed by atoms with Gasteiger partial charge in [0.25, 0.3) is 0 Å². The molecule has 2 aromatic rings. The zero-order chi connectivity index (χ0) is 14.4. The summed E-state index contributed by atoms with van der Waals surface area (Å²) in [6.45, 7) is 2.65. The van der Waals surface area contributed by atoms with Gasteiger partial charge in [-0.1, -0.05) is 41.7 Å². The minimum absolute atomic E-state index is 0.213. The molecule has 2 N–H and O–H groups in total. The fourth-order valence-electron chi connectivity index (χ4n) is 1.68. The first-order valence-corrected chi connectivity index (χ1v) is 6.36. The second kappa shape index (κ2) is 6.74. The maximum absolute atomic E-state index is 13.7. The highest BCUT2D eigenvalue weighted by Gasteiger charge is 2.02. The Morgan fingerprint density at radius 1 is 1.15 bits per heavy atom. The van der Waals surface area contributed by atoms with Gasteiger partial charge in [-0.15, -0.1) is 0 Å². The van der Waals surface area contributed by atoms with E-state index in [-0.39, 0.29) is 6.54 Å². The third kappa shape index (κ3) is 3.84. The molecule has 2 aromatic carbocycles. The molecule has 0 spiro atoms. The van der Waals surface area contributed by atoms with Crippen molar-refractivity contribution in [2.24, 2.45) is 5.73 Å². The van der Waals surface area contributed by atoms with Crippen molar-refractivity contribution < 1.29 is 9.13 Å². The van der Waals surface area contributed by atoms with Gasteiger partial charge in [-0.25, -0.2) is 4.39 Å². The van der Waals surface area contributed by atoms with Crippen LogP contribution in [0.5, 0.6) is 5.75 Å². The molecule has 102 valence electrons. The molecule has 0 aliphatic carbocycles. The van der Waals surface area contributed by atoms with E-state index in [2.05, 4.69) is 11.8 Å². The van der Waals surface area contributed by atoms with Crippen LogP contribution in [0.15, 0.2) is 42.5 Å². The zero-order valence-electron chi connectivity index (χ0n) is 11.3. The van der Waals surface area contributed by atoms with Crippen molar-refractivity contribution >= 4 is 0 Å². The molecule has 0 atom stereocenters. The number of rotatable bonds is 3. The molecule has 0 unspecified atom stereocenters. The third-order valence-electron chi connectivity index (χ3n) is 2.79. The second-order valence-electron chi connectivity index (χ2n) is 4.42. The van der Waals surface area contributed by atoms with Crippen molar-refractivity contribution in [1.82, 2.24) is 0 Å². The maximum atomic E-state index is 13.7. The Bertz CT molecular complexity index is 638. The molecule has 0 radical (unpaired) electrons. The smallest absolute Gasteiger partial charge is 0.142 e. The van der Waals surface area contributed by atoms with Gasteiger partial charge in [-0.05, 0) is 24.6 Å². The Morgan fingerprint density at radius 2 is 1.90 bits per heavy atom. The van der Waals surface area contributed by atoms with Crippen molar-refractivity contribution in [1.29, 1.82) is 0 Å². The molecule has 3 heteroatoms. The highest BCUT2D eigenvalue weighted by Crippen LogP contribution is 2.17. The Labute approximate surface area is 118 Å². The lowest BCUT2D eigenvalue weighted by Gasteiger charge is -2.07. The van der Waals surface area contributed by atoms with Gasteiger partial charge in [-0.2, -0.15) is 0 Å². The Hall–Kier alpha value is -2.31. The number of aryl methyl sites for hydroxylation is 1. The van der Waals surface area contributed by atoms with E-state index < -0.39 is 5.82 Å². The number of hydrogen-bond acceptors (Lipinski definition) is 2. The van der Waals surface area contributed by atoms with Crippen molar-refractivity contribution in [2.75, 3.05) is 6.54 Å². The molecule has 0 heterocycles. The normalized spacial score (nSPS) is 9.75. The van der Waals surface area contributed by atoms with E-state index in [1.54, 1.807) is 12.1 Å². The van der Waals surface area contributed by atoms with Crippen LogP contribution in [0.4, 0.5) is 4.39 Å². The molecule has 0 bridgehead atoms. The van der Waals surface area contributed by atoms with Crippen LogP contribution in [0.3, 0.4) is 0 Å². The van der Waals surface area contributed by atoms with E-state index in [1.807, 2.05) is 31.2 Å². The van der Waals surface area contributed by atoms with Gasteiger partial charge < -0.3 is 10.5 Å². The van der Waals surface area contributed by atoms with Crippen LogP contribution in [-0.2, 0) is 6.61 Å². The molecule has 0 aliphatic heterocycles. The molecule has 0 saturated carbocycles. The fraction of sp³-hybridized carbons (Fsp3) is 0.176. The second-order valence-corrected chi connectivity index (χ2v) is 4.42. The van der Waals surface area contributed by atoms with Crippen LogP contribution in [0.25, 0.3) is 0 Å². The topological polar surface area (TPSA) is 35.2 Å². The number of ether oxygens (including phenoxy) is 1. The number of halogens is 1. The number of hydrogen-bond donors (Lipinski definition) is 1. The van der Waals surface area contributed by atoms with Crippen molar-refractivity contribution in [2.45, 2.75) is 13.5 Å². The molecule has 0 aromatic heterocycles. The molecule has 0 aliphatic rings. The monoisotopic (exact) mass is 269 g/mol. The lowest BCUT2D eigenvalue weighted by molar-refractivity contribution is 0.304. The molecule has 2 nitrogen and oxygen atoms in total. The van der Waals surface area contributed by atoms with Gasteiger partial charge in [0, 0.05) is 6.07 Å². The molecule has 2 rings (SSSR count). The largest absolute Gasteiger partial charge is 0.489 e. The first-order valence-electron chi connectivity index (χ1n) is 6.36. The Balaban J connectivity index is 2.03. The lowest BCUT2D eigenvalue weighted by Crippen LogP contribution is -1.97. The van der Waals surface area contributed by atoms with Gasteiger partial charge >= 0.3 is 0 Å². The molecule has 0 amide bonds. The summed E-state index contributed by atoms with van der Waals surface area (Å²) in [5.74, 6) is 5.39. The maximum Gasteiger partial charge on any atom is 0.142 e. The lowest BCUT2D eigenvalue weighted by atomic mass is 10.2. The zero-order valence-corrected chi connectivity index (χ0v) is 11.3. The Morgan fingerprint density at radius 3 is 2.55 bits per heavy atom.